The molecule has 2 aromatic carbocycles. The number of methoxy groups -OCH3 is 2. The first-order valence-corrected chi connectivity index (χ1v) is 10.0. The third-order valence-electron chi connectivity index (χ3n) is 5.55. The monoisotopic (exact) mass is 408 g/mol. The van der Waals surface area contributed by atoms with Crippen LogP contribution in [-0.2, 0) is 4.79 Å². The lowest BCUT2D eigenvalue weighted by Gasteiger charge is -2.39. The fourth-order valence-electron chi connectivity index (χ4n) is 3.69. The Bertz CT molecular complexity index is 889. The number of ether oxygens (including phenoxy) is 2. The van der Waals surface area contributed by atoms with Gasteiger partial charge in [-0.1, -0.05) is 30.3 Å². The van der Waals surface area contributed by atoms with E-state index in [1.54, 1.807) is 32.4 Å². The Morgan fingerprint density at radius 2 is 1.70 bits per heavy atom. The number of nitrogens with zero attached hydrogens (tertiary/aromatic N) is 3. The fraction of sp³-hybridized carbons (Fsp3) is 0.391. The number of anilines is 1. The van der Waals surface area contributed by atoms with Crippen LogP contribution in [0.5, 0.6) is 11.5 Å². The summed E-state index contributed by atoms with van der Waals surface area (Å²) in [6.07, 6.45) is 0. The number of nitriles is 1. The highest BCUT2D eigenvalue weighted by molar-refractivity contribution is 5.96. The van der Waals surface area contributed by atoms with Crippen molar-refractivity contribution in [1.82, 2.24) is 9.80 Å². The van der Waals surface area contributed by atoms with Gasteiger partial charge in [0.15, 0.2) is 0 Å². The van der Waals surface area contributed by atoms with E-state index < -0.39 is 0 Å². The van der Waals surface area contributed by atoms with Crippen molar-refractivity contribution in [2.24, 2.45) is 0 Å². The van der Waals surface area contributed by atoms with Crippen LogP contribution in [0.15, 0.2) is 48.5 Å². The third-order valence-corrected chi connectivity index (χ3v) is 5.55. The third kappa shape index (κ3) is 4.90. The number of benzene rings is 2. The second kappa shape index (κ2) is 10.1. The number of piperazine rings is 1. The number of carbonyl (C=O) groups is 1. The molecule has 0 saturated carbocycles. The van der Waals surface area contributed by atoms with E-state index in [2.05, 4.69) is 21.2 Å². The van der Waals surface area contributed by atoms with E-state index in [0.717, 1.165) is 31.7 Å². The maximum atomic E-state index is 12.8. The van der Waals surface area contributed by atoms with E-state index in [0.29, 0.717) is 17.2 Å². The molecule has 2 aromatic rings. The zero-order valence-corrected chi connectivity index (χ0v) is 17.7. The maximum absolute atomic E-state index is 12.8. The van der Waals surface area contributed by atoms with Crippen LogP contribution < -0.4 is 14.8 Å². The van der Waals surface area contributed by atoms with Gasteiger partial charge in [-0.3, -0.25) is 14.6 Å². The van der Waals surface area contributed by atoms with Crippen molar-refractivity contribution >= 4 is 11.6 Å². The second-order valence-electron chi connectivity index (χ2n) is 7.25. The lowest BCUT2D eigenvalue weighted by atomic mass is 10.1. The molecule has 1 aliphatic heterocycles. The molecule has 1 aliphatic rings. The Morgan fingerprint density at radius 3 is 2.30 bits per heavy atom. The summed E-state index contributed by atoms with van der Waals surface area (Å²) in [6.45, 7) is 4.81. The summed E-state index contributed by atoms with van der Waals surface area (Å²) in [7, 11) is 3.15. The second-order valence-corrected chi connectivity index (χ2v) is 7.25. The molecule has 30 heavy (non-hydrogen) atoms. The summed E-state index contributed by atoms with van der Waals surface area (Å²) in [5.41, 5.74) is 1.62. The van der Waals surface area contributed by atoms with E-state index in [4.69, 9.17) is 9.47 Å². The van der Waals surface area contributed by atoms with Crippen molar-refractivity contribution < 1.29 is 14.3 Å². The molecule has 0 spiro atoms. The van der Waals surface area contributed by atoms with Crippen molar-refractivity contribution in [1.29, 1.82) is 5.26 Å². The molecule has 1 fully saturated rings. The Kier molecular flexibility index (Phi) is 7.28. The van der Waals surface area contributed by atoms with Gasteiger partial charge in [-0.25, -0.2) is 0 Å². The number of carbonyl (C=O) groups excluding carboxylic acids is 1. The predicted octanol–water partition coefficient (Wildman–Crippen LogP) is 2.91. The number of nitrogens with one attached hydrogen (secondary N) is 1. The van der Waals surface area contributed by atoms with Crippen LogP contribution in [0.2, 0.25) is 0 Å². The minimum absolute atomic E-state index is 0.0909. The van der Waals surface area contributed by atoms with Crippen LogP contribution in [0.25, 0.3) is 0 Å². The summed E-state index contributed by atoms with van der Waals surface area (Å²) >= 11 is 0. The summed E-state index contributed by atoms with van der Waals surface area (Å²) in [5.74, 6) is 1.13. The average molecular weight is 409 g/mol. The molecule has 1 saturated heterocycles. The predicted molar refractivity (Wildman–Crippen MR) is 116 cm³/mol. The van der Waals surface area contributed by atoms with Crippen molar-refractivity contribution in [3.63, 3.8) is 0 Å². The van der Waals surface area contributed by atoms with Gasteiger partial charge in [-0.15, -0.1) is 0 Å². The standard InChI is InChI=1S/C23H28N4O3/c1-17(23(28)25-20-10-9-19(29-2)15-22(20)30-3)26-11-13-27(14-12-26)21(16-24)18-7-5-4-6-8-18/h4-10,15,17,21H,11-14H2,1-3H3,(H,25,28). The summed E-state index contributed by atoms with van der Waals surface area (Å²) in [5, 5.41) is 12.6. The Morgan fingerprint density at radius 1 is 1.03 bits per heavy atom. The maximum Gasteiger partial charge on any atom is 0.241 e. The Labute approximate surface area is 177 Å². The molecule has 3 rings (SSSR count). The van der Waals surface area contributed by atoms with Gasteiger partial charge in [0.2, 0.25) is 5.91 Å². The SMILES string of the molecule is COc1ccc(NC(=O)C(C)N2CCN(C(C#N)c3ccccc3)CC2)c(OC)c1. The van der Waals surface area contributed by atoms with E-state index in [1.807, 2.05) is 37.3 Å². The number of amides is 1. The van der Waals surface area contributed by atoms with Gasteiger partial charge < -0.3 is 14.8 Å². The smallest absolute Gasteiger partial charge is 0.241 e. The van der Waals surface area contributed by atoms with E-state index >= 15 is 0 Å². The first-order valence-electron chi connectivity index (χ1n) is 10.0. The van der Waals surface area contributed by atoms with E-state index in [-0.39, 0.29) is 18.0 Å². The van der Waals surface area contributed by atoms with Gasteiger partial charge in [-0.05, 0) is 24.6 Å². The first-order chi connectivity index (χ1) is 14.6. The van der Waals surface area contributed by atoms with Crippen LogP contribution in [-0.4, -0.2) is 62.1 Å². The molecular weight excluding hydrogens is 380 g/mol. The fourth-order valence-corrected chi connectivity index (χ4v) is 3.69. The first kappa shape index (κ1) is 21.6. The highest BCUT2D eigenvalue weighted by Gasteiger charge is 2.29. The summed E-state index contributed by atoms with van der Waals surface area (Å²) in [4.78, 5) is 17.1. The normalized spacial score (nSPS) is 16.9. The quantitative estimate of drug-likeness (QED) is 0.759. The molecule has 0 radical (unpaired) electrons. The van der Waals surface area contributed by atoms with Gasteiger partial charge in [0, 0.05) is 32.2 Å². The number of rotatable bonds is 7. The summed E-state index contributed by atoms with van der Waals surface area (Å²) < 4.78 is 10.6. The molecule has 2 unspecified atom stereocenters. The van der Waals surface area contributed by atoms with Crippen molar-refractivity contribution in [3.05, 3.63) is 54.1 Å². The van der Waals surface area contributed by atoms with Crippen LogP contribution >= 0.6 is 0 Å². The Hall–Kier alpha value is -3.08. The molecule has 158 valence electrons. The van der Waals surface area contributed by atoms with Crippen molar-refractivity contribution in [2.75, 3.05) is 45.7 Å². The molecule has 1 N–H and O–H groups in total. The van der Waals surface area contributed by atoms with Crippen LogP contribution in [0.3, 0.4) is 0 Å². The number of hydrogen-bond acceptors (Lipinski definition) is 6. The molecule has 7 nitrogen and oxygen atoms in total. The lowest BCUT2D eigenvalue weighted by molar-refractivity contribution is -0.121. The number of hydrogen-bond donors (Lipinski definition) is 1. The minimum Gasteiger partial charge on any atom is -0.497 e. The largest absolute Gasteiger partial charge is 0.497 e. The van der Waals surface area contributed by atoms with Gasteiger partial charge in [0.1, 0.15) is 17.5 Å². The topological polar surface area (TPSA) is 77.8 Å². The van der Waals surface area contributed by atoms with Gasteiger partial charge in [0.05, 0.1) is 32.0 Å². The van der Waals surface area contributed by atoms with Gasteiger partial charge in [-0.2, -0.15) is 5.26 Å². The molecule has 2 atom stereocenters. The van der Waals surface area contributed by atoms with E-state index in [1.165, 1.54) is 0 Å². The van der Waals surface area contributed by atoms with Crippen molar-refractivity contribution in [3.8, 4) is 17.6 Å². The molecule has 1 amide bonds. The highest BCUT2D eigenvalue weighted by Crippen LogP contribution is 2.29. The zero-order valence-electron chi connectivity index (χ0n) is 17.7. The average Bonchev–Trinajstić information content (AvgIpc) is 2.80. The summed E-state index contributed by atoms with van der Waals surface area (Å²) in [6, 6.07) is 17.0. The molecule has 0 aromatic heterocycles. The van der Waals surface area contributed by atoms with Crippen LogP contribution in [0.1, 0.15) is 18.5 Å². The molecular formula is C23H28N4O3. The molecule has 0 aliphatic carbocycles. The van der Waals surface area contributed by atoms with E-state index in [9.17, 15) is 10.1 Å². The van der Waals surface area contributed by atoms with Crippen LogP contribution in [0, 0.1) is 11.3 Å². The lowest BCUT2D eigenvalue weighted by Crippen LogP contribution is -2.53. The van der Waals surface area contributed by atoms with Gasteiger partial charge >= 0.3 is 0 Å². The Balaban J connectivity index is 1.59. The zero-order chi connectivity index (χ0) is 21.5. The van der Waals surface area contributed by atoms with Crippen LogP contribution in [0.4, 0.5) is 5.69 Å². The molecule has 0 bridgehead atoms. The molecule has 1 heterocycles. The molecule has 7 heteroatoms. The van der Waals surface area contributed by atoms with Crippen molar-refractivity contribution in [2.45, 2.75) is 19.0 Å². The van der Waals surface area contributed by atoms with Gasteiger partial charge in [0.25, 0.3) is 0 Å². The minimum atomic E-state index is -0.295. The highest BCUT2D eigenvalue weighted by atomic mass is 16.5.